The number of benzene rings is 1. The molecule has 5 heteroatoms. The number of nitrogens with zero attached hydrogens (tertiary/aromatic N) is 3. The van der Waals surface area contributed by atoms with Crippen LogP contribution in [0.5, 0.6) is 0 Å². The van der Waals surface area contributed by atoms with E-state index in [4.69, 9.17) is 0 Å². The van der Waals surface area contributed by atoms with Crippen molar-refractivity contribution in [2.24, 2.45) is 0 Å². The summed E-state index contributed by atoms with van der Waals surface area (Å²) in [5.74, 6) is 0.174. The molecule has 4 nitrogen and oxygen atoms in total. The maximum absolute atomic E-state index is 13.8. The summed E-state index contributed by atoms with van der Waals surface area (Å²) in [5.41, 5.74) is 0.713. The second kappa shape index (κ2) is 7.09. The van der Waals surface area contributed by atoms with Gasteiger partial charge in [0.15, 0.2) is 0 Å². The highest BCUT2D eigenvalue weighted by Gasteiger charge is 2.21. The van der Waals surface area contributed by atoms with Gasteiger partial charge in [-0.1, -0.05) is 12.1 Å². The van der Waals surface area contributed by atoms with Crippen molar-refractivity contribution >= 4 is 11.6 Å². The first-order valence-corrected chi connectivity index (χ1v) is 8.23. The number of piperazine rings is 1. The Kier molecular flexibility index (Phi) is 4.93. The molecule has 0 bridgehead atoms. The van der Waals surface area contributed by atoms with Crippen molar-refractivity contribution < 1.29 is 9.18 Å². The molecule has 0 unspecified atom stereocenters. The number of carbonyl (C=O) groups excluding carboxylic acids is 1. The maximum atomic E-state index is 13.8. The molecule has 0 saturated carbocycles. The first kappa shape index (κ1) is 15.3. The van der Waals surface area contributed by atoms with Crippen LogP contribution in [-0.4, -0.2) is 61.5 Å². The molecule has 2 aliphatic heterocycles. The Morgan fingerprint density at radius 1 is 1.00 bits per heavy atom. The second-order valence-corrected chi connectivity index (χ2v) is 6.12. The van der Waals surface area contributed by atoms with E-state index in [1.165, 1.54) is 6.07 Å². The van der Waals surface area contributed by atoms with Gasteiger partial charge in [-0.15, -0.1) is 0 Å². The molecule has 1 amide bonds. The van der Waals surface area contributed by atoms with Crippen LogP contribution in [0.3, 0.4) is 0 Å². The lowest BCUT2D eigenvalue weighted by atomic mass is 10.2. The average Bonchev–Trinajstić information content (AvgIpc) is 2.94. The fraction of sp³-hybridized carbons (Fsp3) is 0.588. The Balaban J connectivity index is 1.40. The average molecular weight is 305 g/mol. The Morgan fingerprint density at radius 2 is 1.77 bits per heavy atom. The van der Waals surface area contributed by atoms with Gasteiger partial charge in [-0.3, -0.25) is 9.69 Å². The van der Waals surface area contributed by atoms with Gasteiger partial charge in [0, 0.05) is 45.7 Å². The molecule has 2 saturated heterocycles. The molecular weight excluding hydrogens is 281 g/mol. The monoisotopic (exact) mass is 305 g/mol. The molecule has 0 aromatic heterocycles. The lowest BCUT2D eigenvalue weighted by Gasteiger charge is -2.36. The number of halogens is 1. The van der Waals surface area contributed by atoms with Crippen molar-refractivity contribution in [3.63, 3.8) is 0 Å². The Morgan fingerprint density at radius 3 is 2.45 bits per heavy atom. The maximum Gasteiger partial charge on any atom is 0.222 e. The molecule has 0 aliphatic carbocycles. The Labute approximate surface area is 131 Å². The summed E-state index contributed by atoms with van der Waals surface area (Å²) in [6.07, 6.45) is 2.77. The van der Waals surface area contributed by atoms with Crippen LogP contribution < -0.4 is 4.90 Å². The van der Waals surface area contributed by atoms with Gasteiger partial charge < -0.3 is 9.80 Å². The van der Waals surface area contributed by atoms with Gasteiger partial charge >= 0.3 is 0 Å². The summed E-state index contributed by atoms with van der Waals surface area (Å²) in [4.78, 5) is 18.1. The number of hydrogen-bond donors (Lipinski definition) is 0. The van der Waals surface area contributed by atoms with Crippen molar-refractivity contribution in [2.75, 3.05) is 50.7 Å². The van der Waals surface area contributed by atoms with E-state index in [9.17, 15) is 9.18 Å². The molecule has 120 valence electrons. The Hall–Kier alpha value is -1.62. The molecule has 0 radical (unpaired) electrons. The quantitative estimate of drug-likeness (QED) is 0.832. The summed E-state index contributed by atoms with van der Waals surface area (Å²) < 4.78 is 13.8. The fourth-order valence-corrected chi connectivity index (χ4v) is 3.35. The van der Waals surface area contributed by atoms with Gasteiger partial charge in [-0.25, -0.2) is 4.39 Å². The first-order valence-electron chi connectivity index (χ1n) is 8.23. The molecule has 1 aromatic rings. The third-order valence-electron chi connectivity index (χ3n) is 4.64. The van der Waals surface area contributed by atoms with E-state index in [1.54, 1.807) is 6.07 Å². The molecule has 0 spiro atoms. The topological polar surface area (TPSA) is 26.8 Å². The van der Waals surface area contributed by atoms with E-state index in [0.717, 1.165) is 65.1 Å². The van der Waals surface area contributed by atoms with Gasteiger partial charge in [-0.05, 0) is 31.5 Å². The zero-order valence-electron chi connectivity index (χ0n) is 13.0. The first-order chi connectivity index (χ1) is 10.7. The molecule has 2 fully saturated rings. The van der Waals surface area contributed by atoms with Crippen molar-refractivity contribution in [1.82, 2.24) is 9.80 Å². The number of para-hydroxylation sites is 1. The highest BCUT2D eigenvalue weighted by molar-refractivity contribution is 5.77. The highest BCUT2D eigenvalue weighted by atomic mass is 19.1. The largest absolute Gasteiger partial charge is 0.367 e. The van der Waals surface area contributed by atoms with Crippen molar-refractivity contribution in [3.05, 3.63) is 30.1 Å². The number of hydrogen-bond acceptors (Lipinski definition) is 3. The predicted octanol–water partition coefficient (Wildman–Crippen LogP) is 1.96. The molecule has 2 heterocycles. The summed E-state index contributed by atoms with van der Waals surface area (Å²) in [5, 5.41) is 0. The van der Waals surface area contributed by atoms with Crippen LogP contribution in [0, 0.1) is 5.82 Å². The van der Waals surface area contributed by atoms with E-state index in [-0.39, 0.29) is 5.82 Å². The second-order valence-electron chi connectivity index (χ2n) is 6.12. The summed E-state index contributed by atoms with van der Waals surface area (Å²) >= 11 is 0. The van der Waals surface area contributed by atoms with E-state index >= 15 is 0 Å². The fourth-order valence-electron chi connectivity index (χ4n) is 3.35. The number of anilines is 1. The van der Waals surface area contributed by atoms with Gasteiger partial charge in [0.1, 0.15) is 5.82 Å². The normalized spacial score (nSPS) is 20.0. The van der Waals surface area contributed by atoms with Crippen LogP contribution in [0.2, 0.25) is 0 Å². The molecule has 0 N–H and O–H groups in total. The van der Waals surface area contributed by atoms with Crippen molar-refractivity contribution in [3.8, 4) is 0 Å². The zero-order valence-corrected chi connectivity index (χ0v) is 13.0. The molecular formula is C17H24FN3O. The van der Waals surface area contributed by atoms with Gasteiger partial charge in [0.25, 0.3) is 0 Å². The van der Waals surface area contributed by atoms with Crippen LogP contribution in [0.4, 0.5) is 10.1 Å². The van der Waals surface area contributed by atoms with E-state index in [2.05, 4.69) is 9.80 Å². The third-order valence-corrected chi connectivity index (χ3v) is 4.64. The van der Waals surface area contributed by atoms with E-state index in [1.807, 2.05) is 17.0 Å². The van der Waals surface area contributed by atoms with E-state index < -0.39 is 0 Å². The van der Waals surface area contributed by atoms with Crippen LogP contribution in [0.1, 0.15) is 19.3 Å². The number of amides is 1. The Bertz CT molecular complexity index is 514. The van der Waals surface area contributed by atoms with Crippen LogP contribution in [-0.2, 0) is 4.79 Å². The number of likely N-dealkylation sites (tertiary alicyclic amines) is 1. The van der Waals surface area contributed by atoms with Gasteiger partial charge in [0.2, 0.25) is 5.91 Å². The number of carbonyl (C=O) groups is 1. The van der Waals surface area contributed by atoms with Crippen molar-refractivity contribution in [1.29, 1.82) is 0 Å². The van der Waals surface area contributed by atoms with E-state index in [0.29, 0.717) is 11.6 Å². The lowest BCUT2D eigenvalue weighted by Crippen LogP contribution is -2.47. The number of rotatable bonds is 5. The lowest BCUT2D eigenvalue weighted by molar-refractivity contribution is -0.127. The summed E-state index contributed by atoms with van der Waals surface area (Å²) in [6.45, 7) is 6.48. The van der Waals surface area contributed by atoms with Gasteiger partial charge in [0.05, 0.1) is 5.69 Å². The minimum Gasteiger partial charge on any atom is -0.367 e. The predicted molar refractivity (Wildman–Crippen MR) is 85.5 cm³/mol. The molecule has 22 heavy (non-hydrogen) atoms. The smallest absolute Gasteiger partial charge is 0.222 e. The minimum absolute atomic E-state index is 0.136. The van der Waals surface area contributed by atoms with Crippen molar-refractivity contribution in [2.45, 2.75) is 19.3 Å². The highest BCUT2D eigenvalue weighted by Crippen LogP contribution is 2.20. The summed E-state index contributed by atoms with van der Waals surface area (Å²) in [6, 6.07) is 6.99. The minimum atomic E-state index is -0.136. The zero-order chi connectivity index (χ0) is 15.4. The summed E-state index contributed by atoms with van der Waals surface area (Å²) in [7, 11) is 0. The SMILES string of the molecule is O=C1CCCN1CCCN1CCN(c2ccccc2F)CC1. The molecule has 0 atom stereocenters. The molecule has 1 aromatic carbocycles. The molecule has 2 aliphatic rings. The van der Waals surface area contributed by atoms with Gasteiger partial charge in [-0.2, -0.15) is 0 Å². The van der Waals surface area contributed by atoms with Crippen LogP contribution >= 0.6 is 0 Å². The third kappa shape index (κ3) is 3.58. The molecule has 3 rings (SSSR count). The van der Waals surface area contributed by atoms with Crippen LogP contribution in [0.25, 0.3) is 0 Å². The van der Waals surface area contributed by atoms with Crippen LogP contribution in [0.15, 0.2) is 24.3 Å². The standard InChI is InChI=1S/C17H24FN3O/c18-15-5-1-2-6-16(15)20-13-11-19(12-14-20)8-4-10-21-9-3-7-17(21)22/h1-2,5-6H,3-4,7-14H2.